The van der Waals surface area contributed by atoms with Crippen molar-refractivity contribution in [3.05, 3.63) is 35.6 Å². The molecule has 3 unspecified atom stereocenters. The first-order chi connectivity index (χ1) is 10.1. The van der Waals surface area contributed by atoms with Gasteiger partial charge in [-0.1, -0.05) is 18.2 Å². The van der Waals surface area contributed by atoms with Crippen molar-refractivity contribution in [2.45, 2.75) is 30.5 Å². The number of carboxylic acids is 1. The molecule has 0 radical (unpaired) electrons. The molecule has 1 aromatic heterocycles. The average Bonchev–Trinajstić information content (AvgIpc) is 3.01. The van der Waals surface area contributed by atoms with Crippen molar-refractivity contribution in [1.82, 2.24) is 0 Å². The zero-order chi connectivity index (χ0) is 15.0. The van der Waals surface area contributed by atoms with Gasteiger partial charge < -0.3 is 14.3 Å². The lowest BCUT2D eigenvalue weighted by Crippen LogP contribution is -2.24. The van der Waals surface area contributed by atoms with E-state index in [1.54, 1.807) is 24.3 Å². The van der Waals surface area contributed by atoms with Crippen molar-refractivity contribution in [1.29, 1.82) is 0 Å². The van der Waals surface area contributed by atoms with Gasteiger partial charge in [-0.25, -0.2) is 4.79 Å². The molecule has 1 aromatic carbocycles. The van der Waals surface area contributed by atoms with Crippen LogP contribution in [0.4, 0.5) is 0 Å². The Hall–Kier alpha value is -1.66. The predicted molar refractivity (Wildman–Crippen MR) is 78.8 cm³/mol. The van der Waals surface area contributed by atoms with E-state index in [9.17, 15) is 14.1 Å². The van der Waals surface area contributed by atoms with Gasteiger partial charge in [-0.15, -0.1) is 0 Å². The number of aromatic carboxylic acids is 1. The summed E-state index contributed by atoms with van der Waals surface area (Å²) in [6, 6.07) is 6.97. The number of ether oxygens (including phenoxy) is 1. The van der Waals surface area contributed by atoms with E-state index in [1.807, 2.05) is 6.92 Å². The molecule has 1 saturated heterocycles. The SMILES string of the molecule is CC1OCCC1S(=O)Cc1oc2ccccc2c1C(=O)O. The molecule has 21 heavy (non-hydrogen) atoms. The minimum absolute atomic E-state index is 0.0662. The van der Waals surface area contributed by atoms with Gasteiger partial charge in [0.2, 0.25) is 0 Å². The fourth-order valence-corrected chi connectivity index (χ4v) is 4.27. The monoisotopic (exact) mass is 308 g/mol. The molecule has 1 aliphatic heterocycles. The van der Waals surface area contributed by atoms with Crippen LogP contribution in [0.1, 0.15) is 29.5 Å². The standard InChI is InChI=1S/C15H16O5S/c1-9-13(6-7-19-9)21(18)8-12-14(15(16)17)10-4-2-3-5-11(10)20-12/h2-5,9,13H,6-8H2,1H3,(H,16,17). The van der Waals surface area contributed by atoms with Crippen LogP contribution < -0.4 is 0 Å². The molecule has 112 valence electrons. The van der Waals surface area contributed by atoms with Gasteiger partial charge in [-0.05, 0) is 19.4 Å². The zero-order valence-corrected chi connectivity index (χ0v) is 12.4. The molecule has 1 fully saturated rings. The lowest BCUT2D eigenvalue weighted by molar-refractivity contribution is 0.0697. The van der Waals surface area contributed by atoms with Gasteiger partial charge in [-0.3, -0.25) is 4.21 Å². The Balaban J connectivity index is 1.95. The second-order valence-corrected chi connectivity index (χ2v) is 6.79. The molecule has 2 heterocycles. The zero-order valence-electron chi connectivity index (χ0n) is 11.6. The molecule has 1 N–H and O–H groups in total. The van der Waals surface area contributed by atoms with Crippen molar-refractivity contribution >= 4 is 27.7 Å². The molecular formula is C15H16O5S. The molecular weight excluding hydrogens is 292 g/mol. The molecule has 3 rings (SSSR count). The van der Waals surface area contributed by atoms with Gasteiger partial charge in [-0.2, -0.15) is 0 Å². The third-order valence-electron chi connectivity index (χ3n) is 3.80. The van der Waals surface area contributed by atoms with E-state index < -0.39 is 16.8 Å². The topological polar surface area (TPSA) is 76.7 Å². The third kappa shape index (κ3) is 2.61. The second kappa shape index (κ2) is 5.61. The molecule has 0 aliphatic carbocycles. The fourth-order valence-electron chi connectivity index (χ4n) is 2.73. The van der Waals surface area contributed by atoms with Crippen molar-refractivity contribution in [3.8, 4) is 0 Å². The molecule has 2 aromatic rings. The van der Waals surface area contributed by atoms with Crippen LogP contribution in [0.25, 0.3) is 11.0 Å². The van der Waals surface area contributed by atoms with Crippen LogP contribution in [0.5, 0.6) is 0 Å². The smallest absolute Gasteiger partial charge is 0.339 e. The number of furan rings is 1. The Bertz CT molecular complexity index is 705. The lowest BCUT2D eigenvalue weighted by atomic mass is 10.1. The first-order valence-corrected chi connectivity index (χ1v) is 8.18. The highest BCUT2D eigenvalue weighted by Crippen LogP contribution is 2.29. The average molecular weight is 308 g/mol. The quantitative estimate of drug-likeness (QED) is 0.939. The Labute approximate surface area is 124 Å². The van der Waals surface area contributed by atoms with Gasteiger partial charge in [0.1, 0.15) is 16.9 Å². The summed E-state index contributed by atoms with van der Waals surface area (Å²) in [6.07, 6.45) is 0.666. The number of carboxylic acid groups (broad SMARTS) is 1. The molecule has 1 aliphatic rings. The molecule has 0 saturated carbocycles. The van der Waals surface area contributed by atoms with E-state index in [0.29, 0.717) is 17.6 Å². The Morgan fingerprint density at radius 3 is 2.86 bits per heavy atom. The highest BCUT2D eigenvalue weighted by molar-refractivity contribution is 7.84. The Morgan fingerprint density at radius 1 is 1.43 bits per heavy atom. The first-order valence-electron chi connectivity index (χ1n) is 6.80. The second-order valence-electron chi connectivity index (χ2n) is 5.13. The maximum atomic E-state index is 12.5. The van der Waals surface area contributed by atoms with Gasteiger partial charge in [0.15, 0.2) is 0 Å². The van der Waals surface area contributed by atoms with Crippen LogP contribution in [-0.2, 0) is 21.3 Å². The lowest BCUT2D eigenvalue weighted by Gasteiger charge is -2.12. The molecule has 0 amide bonds. The third-order valence-corrected chi connectivity index (χ3v) is 5.64. The highest BCUT2D eigenvalue weighted by Gasteiger charge is 2.31. The predicted octanol–water partition coefficient (Wildman–Crippen LogP) is 2.56. The molecule has 0 spiro atoms. The summed E-state index contributed by atoms with van der Waals surface area (Å²) in [6.45, 7) is 2.50. The molecule has 3 atom stereocenters. The van der Waals surface area contributed by atoms with E-state index in [-0.39, 0.29) is 28.4 Å². The number of para-hydroxylation sites is 1. The van der Waals surface area contributed by atoms with E-state index in [4.69, 9.17) is 9.15 Å². The van der Waals surface area contributed by atoms with Gasteiger partial charge in [0.25, 0.3) is 0 Å². The van der Waals surface area contributed by atoms with Crippen LogP contribution >= 0.6 is 0 Å². The summed E-state index contributed by atoms with van der Waals surface area (Å²) in [7, 11) is -1.21. The first kappa shape index (κ1) is 14.3. The van der Waals surface area contributed by atoms with Crippen LogP contribution in [0, 0.1) is 0 Å². The summed E-state index contributed by atoms with van der Waals surface area (Å²) in [5.74, 6) is -0.668. The number of rotatable bonds is 4. The number of fused-ring (bicyclic) bond motifs is 1. The van der Waals surface area contributed by atoms with E-state index in [1.165, 1.54) is 0 Å². The summed E-state index contributed by atoms with van der Waals surface area (Å²) >= 11 is 0. The van der Waals surface area contributed by atoms with E-state index in [2.05, 4.69) is 0 Å². The highest BCUT2D eigenvalue weighted by atomic mass is 32.2. The molecule has 5 nitrogen and oxygen atoms in total. The summed E-state index contributed by atoms with van der Waals surface area (Å²) in [5.41, 5.74) is 0.628. The summed E-state index contributed by atoms with van der Waals surface area (Å²) in [4.78, 5) is 11.5. The van der Waals surface area contributed by atoms with Crippen molar-refractivity contribution in [2.75, 3.05) is 6.61 Å². The Morgan fingerprint density at radius 2 is 2.19 bits per heavy atom. The van der Waals surface area contributed by atoms with Gasteiger partial charge in [0, 0.05) is 22.8 Å². The normalized spacial score (nSPS) is 23.5. The maximum absolute atomic E-state index is 12.5. The van der Waals surface area contributed by atoms with E-state index >= 15 is 0 Å². The number of carbonyl (C=O) groups is 1. The van der Waals surface area contributed by atoms with Crippen LogP contribution in [-0.4, -0.2) is 33.2 Å². The fraction of sp³-hybridized carbons (Fsp3) is 0.400. The number of hydrogen-bond donors (Lipinski definition) is 1. The van der Waals surface area contributed by atoms with Gasteiger partial charge >= 0.3 is 5.97 Å². The van der Waals surface area contributed by atoms with Crippen LogP contribution in [0.2, 0.25) is 0 Å². The van der Waals surface area contributed by atoms with Crippen LogP contribution in [0.15, 0.2) is 28.7 Å². The summed E-state index contributed by atoms with van der Waals surface area (Å²) in [5, 5.41) is 9.88. The minimum Gasteiger partial charge on any atom is -0.478 e. The molecule has 0 bridgehead atoms. The molecule has 6 heteroatoms. The number of benzene rings is 1. The van der Waals surface area contributed by atoms with E-state index in [0.717, 1.165) is 6.42 Å². The largest absolute Gasteiger partial charge is 0.478 e. The maximum Gasteiger partial charge on any atom is 0.339 e. The van der Waals surface area contributed by atoms with Gasteiger partial charge in [0.05, 0.1) is 17.1 Å². The van der Waals surface area contributed by atoms with Crippen molar-refractivity contribution in [2.24, 2.45) is 0 Å². The summed E-state index contributed by atoms with van der Waals surface area (Å²) < 4.78 is 23.5. The number of hydrogen-bond acceptors (Lipinski definition) is 4. The van der Waals surface area contributed by atoms with Crippen molar-refractivity contribution < 1.29 is 23.3 Å². The van der Waals surface area contributed by atoms with Crippen molar-refractivity contribution in [3.63, 3.8) is 0 Å². The minimum atomic E-state index is -1.21. The van der Waals surface area contributed by atoms with Crippen LogP contribution in [0.3, 0.4) is 0 Å². The Kier molecular flexibility index (Phi) is 3.82.